The number of rotatable bonds is 2. The maximum absolute atomic E-state index is 4.66. The Labute approximate surface area is 136 Å². The number of piperazine rings is 1. The average molecular weight is 307 g/mol. The molecule has 2 aromatic rings. The molecule has 4 rings (SSSR count). The number of aromatic nitrogens is 2. The van der Waals surface area contributed by atoms with Gasteiger partial charge in [0, 0.05) is 49.2 Å². The third kappa shape index (κ3) is 2.72. The Morgan fingerprint density at radius 2 is 1.83 bits per heavy atom. The van der Waals surface area contributed by atoms with E-state index in [2.05, 4.69) is 50.0 Å². The summed E-state index contributed by atoms with van der Waals surface area (Å²) < 4.78 is 0. The van der Waals surface area contributed by atoms with Gasteiger partial charge in [-0.2, -0.15) is 0 Å². The second-order valence-corrected chi connectivity index (χ2v) is 6.31. The third-order valence-corrected chi connectivity index (χ3v) is 4.74. The Morgan fingerprint density at radius 1 is 1.00 bits per heavy atom. The van der Waals surface area contributed by atoms with E-state index in [9.17, 15) is 0 Å². The molecular formula is C18H21N5. The lowest BCUT2D eigenvalue weighted by atomic mass is 10.1. The van der Waals surface area contributed by atoms with Crippen LogP contribution in [0.15, 0.2) is 35.6 Å². The van der Waals surface area contributed by atoms with Gasteiger partial charge in [0.15, 0.2) is 0 Å². The van der Waals surface area contributed by atoms with Crippen molar-refractivity contribution >= 4 is 11.4 Å². The van der Waals surface area contributed by atoms with Crippen LogP contribution in [0.4, 0.5) is 5.69 Å². The summed E-state index contributed by atoms with van der Waals surface area (Å²) in [7, 11) is 2.17. The van der Waals surface area contributed by atoms with Crippen molar-refractivity contribution in [2.75, 3.05) is 38.1 Å². The molecule has 0 unspecified atom stereocenters. The van der Waals surface area contributed by atoms with Crippen LogP contribution in [0.5, 0.6) is 0 Å². The second kappa shape index (κ2) is 5.74. The fraction of sp³-hybridized carbons (Fsp3) is 0.389. The van der Waals surface area contributed by atoms with E-state index in [-0.39, 0.29) is 0 Å². The molecule has 118 valence electrons. The van der Waals surface area contributed by atoms with E-state index < -0.39 is 0 Å². The van der Waals surface area contributed by atoms with Crippen LogP contribution in [-0.2, 0) is 6.54 Å². The number of hydrogen-bond acceptors (Lipinski definition) is 5. The topological polar surface area (TPSA) is 44.6 Å². The predicted molar refractivity (Wildman–Crippen MR) is 93.1 cm³/mol. The fourth-order valence-electron chi connectivity index (χ4n) is 3.16. The summed E-state index contributed by atoms with van der Waals surface area (Å²) in [5.74, 6) is 0. The molecule has 2 aliphatic heterocycles. The summed E-state index contributed by atoms with van der Waals surface area (Å²) in [5.41, 5.74) is 6.54. The molecular weight excluding hydrogens is 286 g/mol. The van der Waals surface area contributed by atoms with Crippen molar-refractivity contribution < 1.29 is 0 Å². The van der Waals surface area contributed by atoms with E-state index in [1.54, 1.807) is 0 Å². The number of hydrogen-bond donors (Lipinski definition) is 0. The molecule has 1 saturated heterocycles. The van der Waals surface area contributed by atoms with Crippen LogP contribution >= 0.6 is 0 Å². The van der Waals surface area contributed by atoms with E-state index in [1.165, 1.54) is 5.69 Å². The normalized spacial score (nSPS) is 18.0. The molecule has 0 amide bonds. The molecule has 2 aliphatic rings. The van der Waals surface area contributed by atoms with Gasteiger partial charge in [-0.05, 0) is 32.2 Å². The van der Waals surface area contributed by atoms with Crippen molar-refractivity contribution in [3.8, 4) is 11.3 Å². The highest BCUT2D eigenvalue weighted by molar-refractivity contribution is 6.02. The maximum atomic E-state index is 4.66. The summed E-state index contributed by atoms with van der Waals surface area (Å²) in [6.07, 6.45) is 3.89. The van der Waals surface area contributed by atoms with Gasteiger partial charge in [0.2, 0.25) is 0 Å². The second-order valence-electron chi connectivity index (χ2n) is 6.31. The molecule has 0 spiro atoms. The lowest BCUT2D eigenvalue weighted by Crippen LogP contribution is -2.44. The van der Waals surface area contributed by atoms with Gasteiger partial charge in [-0.25, -0.2) is 0 Å². The largest absolute Gasteiger partial charge is 0.368 e. The van der Waals surface area contributed by atoms with Crippen molar-refractivity contribution in [3.63, 3.8) is 0 Å². The molecule has 2 aromatic heterocycles. The molecule has 0 bridgehead atoms. The van der Waals surface area contributed by atoms with Gasteiger partial charge in [-0.3, -0.25) is 15.0 Å². The number of fused-ring (bicyclic) bond motifs is 1. The van der Waals surface area contributed by atoms with E-state index in [0.29, 0.717) is 6.54 Å². The highest BCUT2D eigenvalue weighted by Gasteiger charge is 2.16. The average Bonchev–Trinajstić information content (AvgIpc) is 2.96. The lowest BCUT2D eigenvalue weighted by molar-refractivity contribution is 0.313. The molecule has 5 heteroatoms. The van der Waals surface area contributed by atoms with Gasteiger partial charge < -0.3 is 9.80 Å². The fourth-order valence-corrected chi connectivity index (χ4v) is 3.16. The Kier molecular flexibility index (Phi) is 3.58. The molecule has 23 heavy (non-hydrogen) atoms. The minimum absolute atomic E-state index is 0.706. The first kappa shape index (κ1) is 14.3. The van der Waals surface area contributed by atoms with Gasteiger partial charge in [0.05, 0.1) is 29.8 Å². The molecule has 0 saturated carbocycles. The summed E-state index contributed by atoms with van der Waals surface area (Å²) in [5, 5.41) is 0. The smallest absolute Gasteiger partial charge is 0.0821 e. The molecule has 0 atom stereocenters. The van der Waals surface area contributed by atoms with Crippen LogP contribution in [0.3, 0.4) is 0 Å². The van der Waals surface area contributed by atoms with E-state index >= 15 is 0 Å². The van der Waals surface area contributed by atoms with Gasteiger partial charge >= 0.3 is 0 Å². The SMILES string of the molecule is CC1=NCc2ncc(-c3ccc(N4CCN(C)CC4)cn3)cc21. The van der Waals surface area contributed by atoms with Crippen molar-refractivity contribution in [1.82, 2.24) is 14.9 Å². The first-order valence-corrected chi connectivity index (χ1v) is 8.11. The van der Waals surface area contributed by atoms with Crippen LogP contribution in [0.1, 0.15) is 18.2 Å². The zero-order chi connectivity index (χ0) is 15.8. The van der Waals surface area contributed by atoms with Crippen molar-refractivity contribution in [2.45, 2.75) is 13.5 Å². The first-order chi connectivity index (χ1) is 11.2. The maximum Gasteiger partial charge on any atom is 0.0821 e. The van der Waals surface area contributed by atoms with Gasteiger partial charge in [0.1, 0.15) is 0 Å². The number of likely N-dealkylation sites (N-methyl/N-ethyl adjacent to an activating group) is 1. The van der Waals surface area contributed by atoms with Crippen LogP contribution < -0.4 is 4.90 Å². The third-order valence-electron chi connectivity index (χ3n) is 4.74. The number of nitrogens with zero attached hydrogens (tertiary/aromatic N) is 5. The predicted octanol–water partition coefficient (Wildman–Crippen LogP) is 2.22. The van der Waals surface area contributed by atoms with Crippen molar-refractivity contribution in [1.29, 1.82) is 0 Å². The minimum atomic E-state index is 0.706. The van der Waals surface area contributed by atoms with Crippen molar-refractivity contribution in [3.05, 3.63) is 41.9 Å². The van der Waals surface area contributed by atoms with Gasteiger partial charge in [-0.1, -0.05) is 0 Å². The first-order valence-electron chi connectivity index (χ1n) is 8.11. The standard InChI is InChI=1S/C18H21N5/c1-13-16-9-14(10-20-18(16)12-19-13)17-4-3-15(11-21-17)23-7-5-22(2)6-8-23/h3-4,9-11H,5-8,12H2,1-2H3. The Balaban J connectivity index is 1.57. The Morgan fingerprint density at radius 3 is 2.57 bits per heavy atom. The quantitative estimate of drug-likeness (QED) is 0.853. The molecule has 0 N–H and O–H groups in total. The summed E-state index contributed by atoms with van der Waals surface area (Å²) >= 11 is 0. The van der Waals surface area contributed by atoms with Crippen molar-refractivity contribution in [2.24, 2.45) is 4.99 Å². The van der Waals surface area contributed by atoms with Crippen LogP contribution in [0.2, 0.25) is 0 Å². The number of aliphatic imine (C=N–C) groups is 1. The van der Waals surface area contributed by atoms with Crippen LogP contribution in [0.25, 0.3) is 11.3 Å². The molecule has 5 nitrogen and oxygen atoms in total. The number of pyridine rings is 2. The summed E-state index contributed by atoms with van der Waals surface area (Å²) in [6, 6.07) is 6.42. The van der Waals surface area contributed by atoms with E-state index in [1.807, 2.05) is 19.3 Å². The number of anilines is 1. The van der Waals surface area contributed by atoms with E-state index in [4.69, 9.17) is 0 Å². The molecule has 0 aromatic carbocycles. The zero-order valence-electron chi connectivity index (χ0n) is 13.7. The Bertz CT molecular complexity index is 743. The molecule has 0 aliphatic carbocycles. The monoisotopic (exact) mass is 307 g/mol. The van der Waals surface area contributed by atoms with Crippen LogP contribution in [0, 0.1) is 0 Å². The lowest BCUT2D eigenvalue weighted by Gasteiger charge is -2.33. The highest BCUT2D eigenvalue weighted by atomic mass is 15.2. The van der Waals surface area contributed by atoms with Crippen LogP contribution in [-0.4, -0.2) is 53.8 Å². The minimum Gasteiger partial charge on any atom is -0.368 e. The molecule has 1 fully saturated rings. The highest BCUT2D eigenvalue weighted by Crippen LogP contribution is 2.25. The molecule has 4 heterocycles. The van der Waals surface area contributed by atoms with Gasteiger partial charge in [-0.15, -0.1) is 0 Å². The van der Waals surface area contributed by atoms with E-state index in [0.717, 1.165) is 54.4 Å². The summed E-state index contributed by atoms with van der Waals surface area (Å²) in [6.45, 7) is 7.09. The zero-order valence-corrected chi connectivity index (χ0v) is 13.7. The molecule has 0 radical (unpaired) electrons. The Hall–Kier alpha value is -2.27. The summed E-state index contributed by atoms with van der Waals surface area (Å²) in [4.78, 5) is 18.4. The van der Waals surface area contributed by atoms with Gasteiger partial charge in [0.25, 0.3) is 0 Å².